The van der Waals surface area contributed by atoms with Gasteiger partial charge >= 0.3 is 0 Å². The van der Waals surface area contributed by atoms with E-state index in [0.717, 1.165) is 15.3 Å². The monoisotopic (exact) mass is 316 g/mol. The van der Waals surface area contributed by atoms with Gasteiger partial charge in [0.25, 0.3) is 0 Å². The van der Waals surface area contributed by atoms with Gasteiger partial charge in [0.2, 0.25) is 5.75 Å². The molecule has 0 unspecified atom stereocenters. The molecule has 0 aliphatic carbocycles. The van der Waals surface area contributed by atoms with Gasteiger partial charge in [-0.1, -0.05) is 6.08 Å². The molecule has 114 valence electrons. The largest absolute Gasteiger partial charge is 0.493 e. The van der Waals surface area contributed by atoms with Crippen LogP contribution in [0.3, 0.4) is 0 Å². The number of hydrogen-bond acceptors (Lipinski definition) is 5. The number of carbonyl (C=O) groups is 1. The Bertz CT molecular complexity index is 713. The van der Waals surface area contributed by atoms with Gasteiger partial charge in [0, 0.05) is 4.88 Å². The van der Waals surface area contributed by atoms with Crippen LogP contribution in [0.15, 0.2) is 30.3 Å². The highest BCUT2D eigenvalue weighted by atomic mass is 32.1. The minimum Gasteiger partial charge on any atom is -0.493 e. The van der Waals surface area contributed by atoms with Crippen molar-refractivity contribution in [1.82, 2.24) is 0 Å². The number of aryl methyl sites for hydroxylation is 1. The fourth-order valence-electron chi connectivity index (χ4n) is 2.21. The van der Waals surface area contributed by atoms with E-state index in [9.17, 15) is 4.79 Å². The number of allylic oxidation sites excluding steroid dienone is 1. The van der Waals surface area contributed by atoms with Crippen LogP contribution in [0.25, 0.3) is 6.08 Å². The Kier molecular flexibility index (Phi) is 4.15. The van der Waals surface area contributed by atoms with Crippen LogP contribution in [0, 0.1) is 6.92 Å². The molecule has 22 heavy (non-hydrogen) atoms. The molecule has 0 radical (unpaired) electrons. The van der Waals surface area contributed by atoms with Gasteiger partial charge in [-0.25, -0.2) is 0 Å². The summed E-state index contributed by atoms with van der Waals surface area (Å²) in [7, 11) is 1.58. The third-order valence-corrected chi connectivity index (χ3v) is 4.28. The lowest BCUT2D eigenvalue weighted by molar-refractivity contribution is 0.105. The molecule has 0 saturated heterocycles. The fraction of sp³-hybridized carbons (Fsp3) is 0.235. The first-order valence-corrected chi connectivity index (χ1v) is 7.75. The van der Waals surface area contributed by atoms with Crippen LogP contribution in [0.1, 0.15) is 20.1 Å². The molecule has 3 rings (SSSR count). The summed E-state index contributed by atoms with van der Waals surface area (Å²) in [5.74, 6) is 1.86. The minimum absolute atomic E-state index is 0.00745. The standard InChI is InChI=1S/C17H16O4S/c1-11-3-6-16(22-11)13(18)5-4-12-9-14(19-2)17-15(10-12)20-7-8-21-17/h3-6,9-10H,7-8H2,1-2H3/b5-4+. The maximum atomic E-state index is 12.1. The summed E-state index contributed by atoms with van der Waals surface area (Å²) in [6, 6.07) is 7.47. The average molecular weight is 316 g/mol. The highest BCUT2D eigenvalue weighted by molar-refractivity contribution is 7.14. The molecule has 4 nitrogen and oxygen atoms in total. The number of thiophene rings is 1. The Hall–Kier alpha value is -2.27. The Morgan fingerprint density at radius 3 is 2.82 bits per heavy atom. The van der Waals surface area contributed by atoms with Crippen LogP contribution in [-0.2, 0) is 0 Å². The lowest BCUT2D eigenvalue weighted by atomic mass is 10.1. The number of ether oxygens (including phenoxy) is 3. The maximum Gasteiger partial charge on any atom is 0.203 e. The first-order valence-electron chi connectivity index (χ1n) is 6.94. The zero-order valence-electron chi connectivity index (χ0n) is 12.4. The summed E-state index contributed by atoms with van der Waals surface area (Å²) in [5, 5.41) is 0. The van der Waals surface area contributed by atoms with Crippen molar-refractivity contribution in [1.29, 1.82) is 0 Å². The van der Waals surface area contributed by atoms with E-state index in [2.05, 4.69) is 0 Å². The predicted molar refractivity (Wildman–Crippen MR) is 86.4 cm³/mol. The van der Waals surface area contributed by atoms with E-state index in [-0.39, 0.29) is 5.78 Å². The van der Waals surface area contributed by atoms with Gasteiger partial charge < -0.3 is 14.2 Å². The normalized spacial score (nSPS) is 13.4. The van der Waals surface area contributed by atoms with Crippen molar-refractivity contribution in [2.45, 2.75) is 6.92 Å². The fourth-order valence-corrected chi connectivity index (χ4v) is 3.00. The molecule has 0 atom stereocenters. The molecule has 1 aliphatic rings. The number of benzene rings is 1. The van der Waals surface area contributed by atoms with Crippen LogP contribution in [0.4, 0.5) is 0 Å². The second kappa shape index (κ2) is 6.23. The summed E-state index contributed by atoms with van der Waals surface area (Å²) in [6.45, 7) is 3.00. The number of hydrogen-bond donors (Lipinski definition) is 0. The molecule has 0 fully saturated rings. The van der Waals surface area contributed by atoms with Crippen molar-refractivity contribution in [3.05, 3.63) is 45.7 Å². The lowest BCUT2D eigenvalue weighted by Crippen LogP contribution is -2.16. The Balaban J connectivity index is 1.85. The number of methoxy groups -OCH3 is 1. The third-order valence-electron chi connectivity index (χ3n) is 3.26. The van der Waals surface area contributed by atoms with Crippen LogP contribution in [-0.4, -0.2) is 26.1 Å². The molecule has 0 amide bonds. The van der Waals surface area contributed by atoms with Crippen molar-refractivity contribution in [2.75, 3.05) is 20.3 Å². The number of carbonyl (C=O) groups excluding carboxylic acids is 1. The van der Waals surface area contributed by atoms with E-state index >= 15 is 0 Å². The van der Waals surface area contributed by atoms with Crippen LogP contribution < -0.4 is 14.2 Å². The predicted octanol–water partition coefficient (Wildman–Crippen LogP) is 3.73. The zero-order valence-corrected chi connectivity index (χ0v) is 13.2. The van der Waals surface area contributed by atoms with E-state index in [1.807, 2.05) is 31.2 Å². The van der Waals surface area contributed by atoms with Crippen LogP contribution in [0.2, 0.25) is 0 Å². The van der Waals surface area contributed by atoms with Gasteiger partial charge in [-0.05, 0) is 42.8 Å². The molecule has 0 bridgehead atoms. The molecule has 0 spiro atoms. The second-order valence-electron chi connectivity index (χ2n) is 4.86. The highest BCUT2D eigenvalue weighted by Crippen LogP contribution is 2.40. The van der Waals surface area contributed by atoms with Crippen LogP contribution in [0.5, 0.6) is 17.2 Å². The van der Waals surface area contributed by atoms with E-state index in [4.69, 9.17) is 14.2 Å². The highest BCUT2D eigenvalue weighted by Gasteiger charge is 2.17. The molecular formula is C17H16O4S. The minimum atomic E-state index is -0.00745. The van der Waals surface area contributed by atoms with Gasteiger partial charge in [0.1, 0.15) is 13.2 Å². The molecule has 1 aromatic heterocycles. The number of ketones is 1. The van der Waals surface area contributed by atoms with Crippen molar-refractivity contribution in [3.8, 4) is 17.2 Å². The van der Waals surface area contributed by atoms with Crippen molar-refractivity contribution in [2.24, 2.45) is 0 Å². The lowest BCUT2D eigenvalue weighted by Gasteiger charge is -2.20. The molecule has 0 N–H and O–H groups in total. The van der Waals surface area contributed by atoms with Crippen molar-refractivity contribution >= 4 is 23.2 Å². The van der Waals surface area contributed by atoms with Gasteiger partial charge in [-0.3, -0.25) is 4.79 Å². The van der Waals surface area contributed by atoms with Gasteiger partial charge in [-0.15, -0.1) is 11.3 Å². The van der Waals surface area contributed by atoms with Gasteiger partial charge in [-0.2, -0.15) is 0 Å². The summed E-state index contributed by atoms with van der Waals surface area (Å²) in [6.07, 6.45) is 3.33. The molecule has 5 heteroatoms. The SMILES string of the molecule is COc1cc(/C=C/C(=O)c2ccc(C)s2)cc2c1OCCO2. The van der Waals surface area contributed by atoms with E-state index in [1.54, 1.807) is 19.3 Å². The summed E-state index contributed by atoms with van der Waals surface area (Å²) in [4.78, 5) is 14.0. The van der Waals surface area contributed by atoms with Crippen LogP contribution >= 0.6 is 11.3 Å². The Morgan fingerprint density at radius 2 is 2.09 bits per heavy atom. The quantitative estimate of drug-likeness (QED) is 0.637. The first-order chi connectivity index (χ1) is 10.7. The number of fused-ring (bicyclic) bond motifs is 1. The topological polar surface area (TPSA) is 44.8 Å². The average Bonchev–Trinajstić information content (AvgIpc) is 2.98. The zero-order chi connectivity index (χ0) is 15.5. The van der Waals surface area contributed by atoms with E-state index < -0.39 is 0 Å². The molecule has 2 aromatic rings. The van der Waals surface area contributed by atoms with Gasteiger partial charge in [0.05, 0.1) is 12.0 Å². The van der Waals surface area contributed by atoms with Crippen molar-refractivity contribution < 1.29 is 19.0 Å². The van der Waals surface area contributed by atoms with Gasteiger partial charge in [0.15, 0.2) is 17.3 Å². The summed E-state index contributed by atoms with van der Waals surface area (Å²) in [5.41, 5.74) is 0.836. The maximum absolute atomic E-state index is 12.1. The first kappa shape index (κ1) is 14.7. The smallest absolute Gasteiger partial charge is 0.203 e. The molecule has 2 heterocycles. The van der Waals surface area contributed by atoms with E-state index in [0.29, 0.717) is 30.5 Å². The van der Waals surface area contributed by atoms with Crippen molar-refractivity contribution in [3.63, 3.8) is 0 Å². The number of rotatable bonds is 4. The second-order valence-corrected chi connectivity index (χ2v) is 6.14. The summed E-state index contributed by atoms with van der Waals surface area (Å²) >= 11 is 1.49. The summed E-state index contributed by atoms with van der Waals surface area (Å²) < 4.78 is 16.5. The molecule has 0 saturated carbocycles. The molecular weight excluding hydrogens is 300 g/mol. The third kappa shape index (κ3) is 2.99. The molecule has 1 aromatic carbocycles. The Labute approximate surface area is 132 Å². The van der Waals surface area contributed by atoms with E-state index in [1.165, 1.54) is 11.3 Å². The Morgan fingerprint density at radius 1 is 1.27 bits per heavy atom. The molecule has 1 aliphatic heterocycles.